The van der Waals surface area contributed by atoms with E-state index >= 15 is 0 Å². The van der Waals surface area contributed by atoms with Crippen LogP contribution in [0.25, 0.3) is 0 Å². The van der Waals surface area contributed by atoms with E-state index in [-0.39, 0.29) is 11.5 Å². The first-order chi connectivity index (χ1) is 9.48. The molecule has 2 aromatic carbocycles. The Balaban J connectivity index is 2.25. The number of methoxy groups -OCH3 is 1. The third-order valence-electron chi connectivity index (χ3n) is 2.34. The second-order valence-electron chi connectivity index (χ2n) is 3.78. The molecular weight excluding hydrogens is 273 g/mol. The quantitative estimate of drug-likeness (QED) is 0.833. The van der Waals surface area contributed by atoms with Gasteiger partial charge in [0.15, 0.2) is 11.5 Å². The molecular formula is C14H11F3O3. The molecule has 0 aliphatic rings. The summed E-state index contributed by atoms with van der Waals surface area (Å²) in [6.07, 6.45) is -4.79. The fourth-order valence-corrected chi connectivity index (χ4v) is 1.55. The summed E-state index contributed by atoms with van der Waals surface area (Å²) >= 11 is 0. The van der Waals surface area contributed by atoms with Crippen molar-refractivity contribution in [1.82, 2.24) is 0 Å². The van der Waals surface area contributed by atoms with E-state index in [2.05, 4.69) is 4.74 Å². The monoisotopic (exact) mass is 284 g/mol. The van der Waals surface area contributed by atoms with Gasteiger partial charge in [-0.05, 0) is 24.3 Å². The normalized spacial score (nSPS) is 11.0. The smallest absolute Gasteiger partial charge is 0.493 e. The van der Waals surface area contributed by atoms with Gasteiger partial charge in [-0.2, -0.15) is 0 Å². The molecule has 2 rings (SSSR count). The van der Waals surface area contributed by atoms with Crippen LogP contribution in [0, 0.1) is 0 Å². The molecule has 20 heavy (non-hydrogen) atoms. The SMILES string of the molecule is COc1ccc(Oc2ccccc2)cc1OC(F)(F)F. The summed E-state index contributed by atoms with van der Waals surface area (Å²) in [4.78, 5) is 0. The summed E-state index contributed by atoms with van der Waals surface area (Å²) in [5, 5.41) is 0. The minimum Gasteiger partial charge on any atom is -0.493 e. The molecule has 106 valence electrons. The molecule has 0 atom stereocenters. The topological polar surface area (TPSA) is 27.7 Å². The van der Waals surface area contributed by atoms with Crippen molar-refractivity contribution in [3.8, 4) is 23.0 Å². The van der Waals surface area contributed by atoms with Crippen molar-refractivity contribution in [2.75, 3.05) is 7.11 Å². The Hall–Kier alpha value is -2.37. The molecule has 0 unspecified atom stereocenters. The Morgan fingerprint density at radius 3 is 2.15 bits per heavy atom. The lowest BCUT2D eigenvalue weighted by molar-refractivity contribution is -0.275. The van der Waals surface area contributed by atoms with Crippen LogP contribution in [-0.2, 0) is 0 Å². The lowest BCUT2D eigenvalue weighted by Gasteiger charge is -2.14. The molecule has 0 N–H and O–H groups in total. The minimum atomic E-state index is -4.79. The Kier molecular flexibility index (Phi) is 4.02. The van der Waals surface area contributed by atoms with Gasteiger partial charge in [-0.15, -0.1) is 13.2 Å². The van der Waals surface area contributed by atoms with Crippen LogP contribution in [0.15, 0.2) is 48.5 Å². The fraction of sp³-hybridized carbons (Fsp3) is 0.143. The van der Waals surface area contributed by atoms with Crippen LogP contribution >= 0.6 is 0 Å². The van der Waals surface area contributed by atoms with Gasteiger partial charge in [0.05, 0.1) is 7.11 Å². The first kappa shape index (κ1) is 14.0. The highest BCUT2D eigenvalue weighted by Gasteiger charge is 2.32. The van der Waals surface area contributed by atoms with Gasteiger partial charge >= 0.3 is 6.36 Å². The van der Waals surface area contributed by atoms with Crippen LogP contribution in [0.3, 0.4) is 0 Å². The average Bonchev–Trinajstić information content (AvgIpc) is 2.38. The highest BCUT2D eigenvalue weighted by atomic mass is 19.4. The molecule has 0 bridgehead atoms. The number of ether oxygens (including phenoxy) is 3. The molecule has 6 heteroatoms. The molecule has 0 fully saturated rings. The van der Waals surface area contributed by atoms with E-state index in [1.807, 2.05) is 0 Å². The van der Waals surface area contributed by atoms with Gasteiger partial charge in [-0.1, -0.05) is 18.2 Å². The number of hydrogen-bond donors (Lipinski definition) is 0. The summed E-state index contributed by atoms with van der Waals surface area (Å²) in [6, 6.07) is 12.7. The molecule has 3 nitrogen and oxygen atoms in total. The van der Waals surface area contributed by atoms with E-state index in [0.717, 1.165) is 6.07 Å². The lowest BCUT2D eigenvalue weighted by Crippen LogP contribution is -2.17. The maximum atomic E-state index is 12.3. The zero-order valence-corrected chi connectivity index (χ0v) is 10.5. The molecule has 0 saturated carbocycles. The molecule has 0 heterocycles. The Bertz CT molecular complexity index is 568. The molecule has 0 aromatic heterocycles. The number of hydrogen-bond acceptors (Lipinski definition) is 3. The molecule has 2 aromatic rings. The van der Waals surface area contributed by atoms with Gasteiger partial charge in [0.1, 0.15) is 11.5 Å². The fourth-order valence-electron chi connectivity index (χ4n) is 1.55. The average molecular weight is 284 g/mol. The van der Waals surface area contributed by atoms with Crippen molar-refractivity contribution >= 4 is 0 Å². The largest absolute Gasteiger partial charge is 0.573 e. The van der Waals surface area contributed by atoms with Crippen molar-refractivity contribution < 1.29 is 27.4 Å². The summed E-state index contributed by atoms with van der Waals surface area (Å²) in [6.45, 7) is 0. The summed E-state index contributed by atoms with van der Waals surface area (Å²) in [5.74, 6) is 0.253. The van der Waals surface area contributed by atoms with E-state index < -0.39 is 12.1 Å². The van der Waals surface area contributed by atoms with Gasteiger partial charge in [0.2, 0.25) is 0 Å². The van der Waals surface area contributed by atoms with Gasteiger partial charge < -0.3 is 14.2 Å². The van der Waals surface area contributed by atoms with Crippen molar-refractivity contribution in [2.45, 2.75) is 6.36 Å². The van der Waals surface area contributed by atoms with E-state index in [1.54, 1.807) is 30.3 Å². The van der Waals surface area contributed by atoms with Crippen LogP contribution in [-0.4, -0.2) is 13.5 Å². The standard InChI is InChI=1S/C14H11F3O3/c1-18-12-8-7-11(9-13(12)20-14(15,16)17)19-10-5-3-2-4-6-10/h2-9H,1H3. The second-order valence-corrected chi connectivity index (χ2v) is 3.78. The maximum Gasteiger partial charge on any atom is 0.573 e. The zero-order valence-electron chi connectivity index (χ0n) is 10.5. The summed E-state index contributed by atoms with van der Waals surface area (Å²) in [7, 11) is 1.26. The van der Waals surface area contributed by atoms with Crippen LogP contribution in [0.2, 0.25) is 0 Å². The first-order valence-electron chi connectivity index (χ1n) is 5.64. The number of para-hydroxylation sites is 1. The molecule has 0 saturated heterocycles. The second kappa shape index (κ2) is 5.73. The van der Waals surface area contributed by atoms with E-state index in [4.69, 9.17) is 9.47 Å². The number of alkyl halides is 3. The van der Waals surface area contributed by atoms with Gasteiger partial charge in [0.25, 0.3) is 0 Å². The van der Waals surface area contributed by atoms with Crippen molar-refractivity contribution in [3.05, 3.63) is 48.5 Å². The van der Waals surface area contributed by atoms with E-state index in [9.17, 15) is 13.2 Å². The highest BCUT2D eigenvalue weighted by Crippen LogP contribution is 2.36. The Labute approximate surface area is 113 Å². The maximum absolute atomic E-state index is 12.3. The number of halogens is 3. The molecule has 0 aliphatic carbocycles. The predicted molar refractivity (Wildman–Crippen MR) is 66.2 cm³/mol. The molecule has 0 spiro atoms. The third-order valence-corrected chi connectivity index (χ3v) is 2.34. The van der Waals surface area contributed by atoms with Gasteiger partial charge in [0, 0.05) is 6.07 Å². The first-order valence-corrected chi connectivity index (χ1v) is 5.64. The summed E-state index contributed by atoms with van der Waals surface area (Å²) in [5.41, 5.74) is 0. The number of rotatable bonds is 4. The number of benzene rings is 2. The minimum absolute atomic E-state index is 0.0252. The Morgan fingerprint density at radius 2 is 1.55 bits per heavy atom. The van der Waals surface area contributed by atoms with E-state index in [1.165, 1.54) is 19.2 Å². The summed E-state index contributed by atoms with van der Waals surface area (Å²) < 4.78 is 51.0. The Morgan fingerprint density at radius 1 is 0.850 bits per heavy atom. The zero-order chi connectivity index (χ0) is 14.6. The molecule has 0 aliphatic heterocycles. The van der Waals surface area contributed by atoms with Gasteiger partial charge in [-0.3, -0.25) is 0 Å². The van der Waals surface area contributed by atoms with Crippen molar-refractivity contribution in [2.24, 2.45) is 0 Å². The van der Waals surface area contributed by atoms with Crippen molar-refractivity contribution in [1.29, 1.82) is 0 Å². The molecule has 0 radical (unpaired) electrons. The van der Waals surface area contributed by atoms with Crippen molar-refractivity contribution in [3.63, 3.8) is 0 Å². The highest BCUT2D eigenvalue weighted by molar-refractivity contribution is 5.46. The van der Waals surface area contributed by atoms with Gasteiger partial charge in [-0.25, -0.2) is 0 Å². The van der Waals surface area contributed by atoms with E-state index in [0.29, 0.717) is 5.75 Å². The van der Waals surface area contributed by atoms with Crippen LogP contribution in [0.1, 0.15) is 0 Å². The van der Waals surface area contributed by atoms with Crippen LogP contribution in [0.5, 0.6) is 23.0 Å². The predicted octanol–water partition coefficient (Wildman–Crippen LogP) is 4.39. The van der Waals surface area contributed by atoms with Crippen LogP contribution in [0.4, 0.5) is 13.2 Å². The van der Waals surface area contributed by atoms with Crippen LogP contribution < -0.4 is 14.2 Å². The molecule has 0 amide bonds. The third kappa shape index (κ3) is 3.81. The lowest BCUT2D eigenvalue weighted by atomic mass is 10.3.